The Kier molecular flexibility index (Phi) is 15.4. The first-order chi connectivity index (χ1) is 33.9. The summed E-state index contributed by atoms with van der Waals surface area (Å²) in [6.45, 7) is 15.4. The zero-order chi connectivity index (χ0) is 50.7. The predicted octanol–water partition coefficient (Wildman–Crippen LogP) is 8.90. The molecule has 5 aromatic rings. The van der Waals surface area contributed by atoms with Gasteiger partial charge in [0.15, 0.2) is 0 Å². The molecule has 0 aliphatic carbocycles. The highest BCUT2D eigenvalue weighted by Crippen LogP contribution is 2.43. The number of aromatic nitrogens is 4. The molecule has 378 valence electrons. The number of aromatic amines is 2. The van der Waals surface area contributed by atoms with Crippen molar-refractivity contribution < 1.29 is 32.9 Å². The molecule has 6 atom stereocenters. The SMILES string of the molecule is COC(=O)N[C@H](C(=O)N1CCC[C@H]1c1ncc(-c2ccc(C3CS(=O)CC(c4ccc(-c5cnc([C@@H]6CCCN6C(=O)[C@@H](NC(=O)OC)C(C)C)[nH]5)cc4)N3c3ccc(C(C)(C)C)cc3)cc2)[nH]1)C(C)C. The number of hydrogen-bond acceptors (Lipinski definition) is 10. The Morgan fingerprint density at radius 2 is 1.04 bits per heavy atom. The normalized spacial score (nSPS) is 21.3. The maximum absolute atomic E-state index is 14.0. The standard InChI is InChI=1S/C54H69N9O7S/c1-32(2)46(59-52(66)69-8)50(64)61-26-10-12-42(61)48-55-28-40(57-48)34-14-18-36(19-15-34)44-30-71(68)31-45(63(44)39-24-22-38(23-25-39)54(5,6)7)37-20-16-35(17-21-37)41-29-56-49(58-41)43-13-11-27-62(43)51(65)47(33(3)4)60-53(67)70-9/h14-25,28-29,32-33,42-47H,10-13,26-27,30-31H2,1-9H3,(H,55,57)(H,56,58)(H,59,66)(H,60,67)/t42-,43-,44?,45?,46-,47-,71?/m0/s1. The molecule has 16 nitrogen and oxygen atoms in total. The van der Waals surface area contributed by atoms with E-state index in [-0.39, 0.29) is 53.2 Å². The highest BCUT2D eigenvalue weighted by molar-refractivity contribution is 7.85. The van der Waals surface area contributed by atoms with E-state index in [1.165, 1.54) is 19.8 Å². The van der Waals surface area contributed by atoms with E-state index in [9.17, 15) is 23.4 Å². The van der Waals surface area contributed by atoms with Crippen molar-refractivity contribution in [3.05, 3.63) is 114 Å². The van der Waals surface area contributed by atoms with Gasteiger partial charge in [0.1, 0.15) is 23.7 Å². The molecule has 3 aliphatic rings. The summed E-state index contributed by atoms with van der Waals surface area (Å²) >= 11 is 0. The van der Waals surface area contributed by atoms with Crippen LogP contribution in [-0.2, 0) is 35.3 Å². The van der Waals surface area contributed by atoms with Crippen LogP contribution in [0.25, 0.3) is 22.5 Å². The van der Waals surface area contributed by atoms with Gasteiger partial charge in [0.2, 0.25) is 11.8 Å². The Morgan fingerprint density at radius 1 is 0.634 bits per heavy atom. The van der Waals surface area contributed by atoms with Crippen molar-refractivity contribution in [1.29, 1.82) is 0 Å². The number of nitrogens with one attached hydrogen (secondary N) is 4. The molecular weight excluding hydrogens is 919 g/mol. The van der Waals surface area contributed by atoms with Gasteiger partial charge in [-0.3, -0.25) is 13.8 Å². The monoisotopic (exact) mass is 988 g/mol. The largest absolute Gasteiger partial charge is 0.453 e. The molecule has 8 rings (SSSR count). The summed E-state index contributed by atoms with van der Waals surface area (Å²) in [5.74, 6) is 1.74. The van der Waals surface area contributed by atoms with Gasteiger partial charge in [-0.1, -0.05) is 109 Å². The first kappa shape index (κ1) is 50.9. The fourth-order valence-electron chi connectivity index (χ4n) is 10.3. The van der Waals surface area contributed by atoms with Crippen LogP contribution in [0.15, 0.2) is 85.2 Å². The summed E-state index contributed by atoms with van der Waals surface area (Å²) in [6.07, 6.45) is 5.48. The van der Waals surface area contributed by atoms with Crippen molar-refractivity contribution in [2.75, 3.05) is 43.7 Å². The predicted molar refractivity (Wildman–Crippen MR) is 275 cm³/mol. The maximum atomic E-state index is 14.0. The molecule has 0 spiro atoms. The molecule has 2 unspecified atom stereocenters. The number of anilines is 1. The zero-order valence-electron chi connectivity index (χ0n) is 42.4. The lowest BCUT2D eigenvalue weighted by Gasteiger charge is -2.44. The molecule has 3 saturated heterocycles. The Labute approximate surface area is 419 Å². The minimum Gasteiger partial charge on any atom is -0.453 e. The summed E-state index contributed by atoms with van der Waals surface area (Å²) in [6, 6.07) is 23.2. The number of alkyl carbamates (subject to hydrolysis) is 2. The first-order valence-corrected chi connectivity index (χ1v) is 26.3. The van der Waals surface area contributed by atoms with Crippen molar-refractivity contribution in [2.45, 2.75) is 116 Å². The van der Waals surface area contributed by atoms with E-state index in [0.717, 1.165) is 65.0 Å². The van der Waals surface area contributed by atoms with Crippen LogP contribution in [0, 0.1) is 11.8 Å². The van der Waals surface area contributed by atoms with Gasteiger partial charge in [-0.15, -0.1) is 0 Å². The lowest BCUT2D eigenvalue weighted by atomic mass is 9.87. The van der Waals surface area contributed by atoms with Crippen LogP contribution in [0.5, 0.6) is 0 Å². The van der Waals surface area contributed by atoms with E-state index < -0.39 is 35.1 Å². The maximum Gasteiger partial charge on any atom is 0.407 e. The van der Waals surface area contributed by atoms with Gasteiger partial charge < -0.3 is 44.8 Å². The highest BCUT2D eigenvalue weighted by atomic mass is 32.2. The number of benzene rings is 3. The molecule has 0 saturated carbocycles. The molecule has 0 radical (unpaired) electrons. The van der Waals surface area contributed by atoms with Gasteiger partial charge in [0.25, 0.3) is 0 Å². The van der Waals surface area contributed by atoms with Crippen molar-refractivity contribution in [2.24, 2.45) is 11.8 Å². The van der Waals surface area contributed by atoms with Crippen LogP contribution in [0.1, 0.15) is 127 Å². The molecule has 2 aromatic heterocycles. The quantitative estimate of drug-likeness (QED) is 0.0885. The molecule has 0 bridgehead atoms. The number of amides is 4. The third-order valence-corrected chi connectivity index (χ3v) is 15.7. The molecule has 17 heteroatoms. The Bertz CT molecular complexity index is 2540. The number of nitrogens with zero attached hydrogens (tertiary/aromatic N) is 5. The Balaban J connectivity index is 1.03. The lowest BCUT2D eigenvalue weighted by molar-refractivity contribution is -0.136. The van der Waals surface area contributed by atoms with Gasteiger partial charge in [0.05, 0.1) is 62.2 Å². The van der Waals surface area contributed by atoms with E-state index in [4.69, 9.17) is 19.4 Å². The van der Waals surface area contributed by atoms with Gasteiger partial charge in [-0.25, -0.2) is 19.6 Å². The second-order valence-electron chi connectivity index (χ2n) is 20.7. The van der Waals surface area contributed by atoms with E-state index in [1.54, 1.807) is 12.4 Å². The number of H-pyrrole nitrogens is 2. The third-order valence-electron chi connectivity index (χ3n) is 14.3. The van der Waals surface area contributed by atoms with E-state index in [1.807, 2.05) is 37.5 Å². The number of likely N-dealkylation sites (tertiary alicyclic amines) is 2. The molecule has 71 heavy (non-hydrogen) atoms. The van der Waals surface area contributed by atoms with Gasteiger partial charge in [-0.05, 0) is 82.9 Å². The molecular formula is C54H69N9O7S. The van der Waals surface area contributed by atoms with E-state index in [2.05, 4.69) is 119 Å². The third kappa shape index (κ3) is 11.0. The second-order valence-corrected chi connectivity index (χ2v) is 22.3. The van der Waals surface area contributed by atoms with Crippen molar-refractivity contribution in [3.63, 3.8) is 0 Å². The van der Waals surface area contributed by atoms with Crippen LogP contribution in [0.3, 0.4) is 0 Å². The minimum atomic E-state index is -1.13. The minimum absolute atomic E-state index is 0.0287. The molecule has 4 N–H and O–H groups in total. The van der Waals surface area contributed by atoms with Crippen LogP contribution >= 0.6 is 0 Å². The number of carbonyl (C=O) groups excluding carboxylic acids is 4. The van der Waals surface area contributed by atoms with Gasteiger partial charge in [-0.2, -0.15) is 0 Å². The number of ether oxygens (including phenoxy) is 2. The molecule has 5 heterocycles. The topological polar surface area (TPSA) is 195 Å². The van der Waals surface area contributed by atoms with E-state index >= 15 is 0 Å². The summed E-state index contributed by atoms with van der Waals surface area (Å²) in [4.78, 5) is 74.3. The summed E-state index contributed by atoms with van der Waals surface area (Å²) < 4.78 is 23.6. The number of rotatable bonds is 13. The number of imidazole rings is 2. The smallest absolute Gasteiger partial charge is 0.407 e. The van der Waals surface area contributed by atoms with Crippen LogP contribution in [0.2, 0.25) is 0 Å². The summed E-state index contributed by atoms with van der Waals surface area (Å²) in [7, 11) is 1.45. The number of carbonyl (C=O) groups is 4. The van der Waals surface area contributed by atoms with Crippen LogP contribution in [-0.4, -0.2) is 109 Å². The van der Waals surface area contributed by atoms with Crippen LogP contribution < -0.4 is 15.5 Å². The van der Waals surface area contributed by atoms with Gasteiger partial charge in [0, 0.05) is 41.1 Å². The van der Waals surface area contributed by atoms with Crippen molar-refractivity contribution in [1.82, 2.24) is 40.4 Å². The average molecular weight is 988 g/mol. The fraction of sp³-hybridized carbons (Fsp3) is 0.481. The number of hydrogen-bond donors (Lipinski definition) is 4. The Hall–Kier alpha value is -6.49. The molecule has 3 fully saturated rings. The average Bonchev–Trinajstić information content (AvgIpc) is 4.22. The van der Waals surface area contributed by atoms with Crippen LogP contribution in [0.4, 0.5) is 15.3 Å². The summed E-state index contributed by atoms with van der Waals surface area (Å²) in [5, 5.41) is 5.43. The highest BCUT2D eigenvalue weighted by Gasteiger charge is 2.40. The lowest BCUT2D eigenvalue weighted by Crippen LogP contribution is -2.51. The first-order valence-electron chi connectivity index (χ1n) is 24.8. The second kappa shape index (κ2) is 21.5. The van der Waals surface area contributed by atoms with Crippen molar-refractivity contribution in [3.8, 4) is 22.5 Å². The Morgan fingerprint density at radius 3 is 1.41 bits per heavy atom. The van der Waals surface area contributed by atoms with Gasteiger partial charge >= 0.3 is 12.2 Å². The van der Waals surface area contributed by atoms with E-state index in [0.29, 0.717) is 36.2 Å². The molecule has 3 aliphatic heterocycles. The zero-order valence-corrected chi connectivity index (χ0v) is 43.2. The van der Waals surface area contributed by atoms with Crippen molar-refractivity contribution >= 4 is 40.5 Å². The number of methoxy groups -OCH3 is 2. The molecule has 4 amide bonds. The summed E-state index contributed by atoms with van der Waals surface area (Å²) in [5.41, 5.74) is 7.84. The fourth-order valence-corrected chi connectivity index (χ4v) is 11.8. The molecule has 3 aromatic carbocycles.